The predicted molar refractivity (Wildman–Crippen MR) is 102 cm³/mol. The summed E-state index contributed by atoms with van der Waals surface area (Å²) in [5, 5.41) is 5.32. The zero-order valence-corrected chi connectivity index (χ0v) is 15.4. The number of hydrogen-bond acceptors (Lipinski definition) is 3. The van der Waals surface area contributed by atoms with Crippen molar-refractivity contribution in [1.82, 2.24) is 15.5 Å². The Labute approximate surface area is 162 Å². The van der Waals surface area contributed by atoms with Crippen molar-refractivity contribution in [2.24, 2.45) is 0 Å². The fourth-order valence-corrected chi connectivity index (χ4v) is 3.07. The van der Waals surface area contributed by atoms with Crippen molar-refractivity contribution in [2.75, 3.05) is 13.1 Å². The minimum atomic E-state index is -0.611. The monoisotopic (exact) mass is 383 g/mol. The molecule has 28 heavy (non-hydrogen) atoms. The molecule has 146 valence electrons. The smallest absolute Gasteiger partial charge is 0.325 e. The predicted octanol–water partition coefficient (Wildman–Crippen LogP) is 2.04. The number of hydrogen-bond donors (Lipinski definition) is 2. The first-order valence-electron chi connectivity index (χ1n) is 9.20. The number of urea groups is 1. The molecule has 6 nitrogen and oxygen atoms in total. The Morgan fingerprint density at radius 2 is 1.68 bits per heavy atom. The van der Waals surface area contributed by atoms with Crippen molar-refractivity contribution in [2.45, 2.75) is 25.3 Å². The SMILES string of the molecule is O=C(CN1C(=O)NC(CCc2ccccc2)C1=O)NCCc1ccc(F)cc1. The summed E-state index contributed by atoms with van der Waals surface area (Å²) in [5.41, 5.74) is 1.97. The van der Waals surface area contributed by atoms with Gasteiger partial charge in [0.15, 0.2) is 0 Å². The number of imide groups is 1. The van der Waals surface area contributed by atoms with Crippen LogP contribution in [0.4, 0.5) is 9.18 Å². The van der Waals surface area contributed by atoms with Gasteiger partial charge in [-0.15, -0.1) is 0 Å². The summed E-state index contributed by atoms with van der Waals surface area (Å²) in [7, 11) is 0. The highest BCUT2D eigenvalue weighted by Gasteiger charge is 2.38. The Kier molecular flexibility index (Phi) is 6.37. The normalized spacial score (nSPS) is 16.2. The highest BCUT2D eigenvalue weighted by Crippen LogP contribution is 2.13. The Hall–Kier alpha value is -3.22. The first kappa shape index (κ1) is 19.5. The van der Waals surface area contributed by atoms with E-state index in [1.165, 1.54) is 12.1 Å². The van der Waals surface area contributed by atoms with Gasteiger partial charge in [-0.05, 0) is 42.5 Å². The van der Waals surface area contributed by atoms with Crippen LogP contribution in [0.2, 0.25) is 0 Å². The minimum absolute atomic E-state index is 0.310. The molecule has 1 atom stereocenters. The van der Waals surface area contributed by atoms with E-state index in [-0.39, 0.29) is 18.3 Å². The third kappa shape index (κ3) is 5.16. The molecular weight excluding hydrogens is 361 g/mol. The van der Waals surface area contributed by atoms with E-state index in [1.807, 2.05) is 30.3 Å². The highest BCUT2D eigenvalue weighted by atomic mass is 19.1. The Morgan fingerprint density at radius 3 is 2.39 bits per heavy atom. The lowest BCUT2D eigenvalue weighted by molar-refractivity contribution is -0.132. The van der Waals surface area contributed by atoms with Gasteiger partial charge in [0, 0.05) is 6.54 Å². The summed E-state index contributed by atoms with van der Waals surface area (Å²) in [6.45, 7) is 0.0292. The molecule has 1 fully saturated rings. The average molecular weight is 383 g/mol. The second-order valence-electron chi connectivity index (χ2n) is 6.68. The van der Waals surface area contributed by atoms with E-state index in [1.54, 1.807) is 12.1 Å². The van der Waals surface area contributed by atoms with Crippen LogP contribution in [0.15, 0.2) is 54.6 Å². The molecule has 2 aromatic rings. The third-order valence-corrected chi connectivity index (χ3v) is 4.62. The minimum Gasteiger partial charge on any atom is -0.354 e. The van der Waals surface area contributed by atoms with Crippen LogP contribution in [-0.2, 0) is 22.4 Å². The molecule has 2 aromatic carbocycles. The van der Waals surface area contributed by atoms with Gasteiger partial charge in [-0.2, -0.15) is 0 Å². The maximum Gasteiger partial charge on any atom is 0.325 e. The van der Waals surface area contributed by atoms with Crippen LogP contribution in [0.3, 0.4) is 0 Å². The Balaban J connectivity index is 1.44. The van der Waals surface area contributed by atoms with E-state index in [0.29, 0.717) is 25.8 Å². The van der Waals surface area contributed by atoms with Crippen LogP contribution in [0.5, 0.6) is 0 Å². The number of nitrogens with one attached hydrogen (secondary N) is 2. The molecule has 0 aliphatic carbocycles. The number of amides is 4. The van der Waals surface area contributed by atoms with Crippen molar-refractivity contribution < 1.29 is 18.8 Å². The summed E-state index contributed by atoms with van der Waals surface area (Å²) < 4.78 is 12.9. The number of nitrogens with zero attached hydrogens (tertiary/aromatic N) is 1. The van der Waals surface area contributed by atoms with Crippen LogP contribution in [0.25, 0.3) is 0 Å². The standard InChI is InChI=1S/C21H22FN3O3/c22-17-9-6-16(7-10-17)12-13-23-19(26)14-25-20(27)18(24-21(25)28)11-8-15-4-2-1-3-5-15/h1-7,9-10,18H,8,11-14H2,(H,23,26)(H,24,28). The molecule has 1 unspecified atom stereocenters. The lowest BCUT2D eigenvalue weighted by atomic mass is 10.1. The summed E-state index contributed by atoms with van der Waals surface area (Å²) in [6, 6.07) is 14.6. The van der Waals surface area contributed by atoms with Crippen molar-refractivity contribution >= 4 is 17.8 Å². The fraction of sp³-hybridized carbons (Fsp3) is 0.286. The molecule has 3 rings (SSSR count). The lowest BCUT2D eigenvalue weighted by Gasteiger charge is -2.13. The number of carbonyl (C=O) groups excluding carboxylic acids is 3. The van der Waals surface area contributed by atoms with Crippen molar-refractivity contribution in [3.8, 4) is 0 Å². The maximum absolute atomic E-state index is 12.9. The Bertz CT molecular complexity index is 840. The third-order valence-electron chi connectivity index (χ3n) is 4.62. The number of benzene rings is 2. The van der Waals surface area contributed by atoms with Gasteiger partial charge < -0.3 is 10.6 Å². The topological polar surface area (TPSA) is 78.5 Å². The van der Waals surface area contributed by atoms with Crippen LogP contribution in [-0.4, -0.2) is 41.9 Å². The summed E-state index contributed by atoms with van der Waals surface area (Å²) in [6.07, 6.45) is 1.68. The summed E-state index contributed by atoms with van der Waals surface area (Å²) in [4.78, 5) is 37.5. The molecule has 0 bridgehead atoms. The van der Waals surface area contributed by atoms with Gasteiger partial charge in [0.25, 0.3) is 5.91 Å². The van der Waals surface area contributed by atoms with E-state index in [0.717, 1.165) is 16.0 Å². The number of halogens is 1. The van der Waals surface area contributed by atoms with Gasteiger partial charge in [0.2, 0.25) is 5.91 Å². The quantitative estimate of drug-likeness (QED) is 0.685. The molecule has 2 N–H and O–H groups in total. The van der Waals surface area contributed by atoms with Gasteiger partial charge in [-0.3, -0.25) is 14.5 Å². The first-order valence-corrected chi connectivity index (χ1v) is 9.20. The van der Waals surface area contributed by atoms with E-state index in [2.05, 4.69) is 10.6 Å². The lowest BCUT2D eigenvalue weighted by Crippen LogP contribution is -2.41. The summed E-state index contributed by atoms with van der Waals surface area (Å²) >= 11 is 0. The van der Waals surface area contributed by atoms with Crippen LogP contribution < -0.4 is 10.6 Å². The average Bonchev–Trinajstić information content (AvgIpc) is 2.96. The van der Waals surface area contributed by atoms with E-state index in [9.17, 15) is 18.8 Å². The van der Waals surface area contributed by atoms with Gasteiger partial charge in [0.1, 0.15) is 18.4 Å². The van der Waals surface area contributed by atoms with Gasteiger partial charge in [0.05, 0.1) is 0 Å². The number of carbonyl (C=O) groups is 3. The van der Waals surface area contributed by atoms with Gasteiger partial charge in [-0.1, -0.05) is 42.5 Å². The van der Waals surface area contributed by atoms with E-state index in [4.69, 9.17) is 0 Å². The molecule has 1 heterocycles. The van der Waals surface area contributed by atoms with Gasteiger partial charge >= 0.3 is 6.03 Å². The molecule has 0 aromatic heterocycles. The number of rotatable bonds is 8. The largest absolute Gasteiger partial charge is 0.354 e. The molecule has 0 saturated carbocycles. The molecule has 0 radical (unpaired) electrons. The molecule has 7 heteroatoms. The number of aryl methyl sites for hydroxylation is 1. The van der Waals surface area contributed by atoms with Gasteiger partial charge in [-0.25, -0.2) is 9.18 Å². The fourth-order valence-electron chi connectivity index (χ4n) is 3.07. The summed E-state index contributed by atoms with van der Waals surface area (Å²) in [5.74, 6) is -1.10. The molecule has 0 spiro atoms. The van der Waals surface area contributed by atoms with Crippen LogP contribution in [0.1, 0.15) is 17.5 Å². The Morgan fingerprint density at radius 1 is 1.00 bits per heavy atom. The second-order valence-corrected chi connectivity index (χ2v) is 6.68. The molecule has 1 aliphatic heterocycles. The first-order chi connectivity index (χ1) is 13.5. The van der Waals surface area contributed by atoms with E-state index >= 15 is 0 Å². The molecule has 1 aliphatic rings. The highest BCUT2D eigenvalue weighted by molar-refractivity contribution is 6.06. The van der Waals surface area contributed by atoms with Crippen molar-refractivity contribution in [3.05, 3.63) is 71.5 Å². The maximum atomic E-state index is 12.9. The van der Waals surface area contributed by atoms with Crippen molar-refractivity contribution in [3.63, 3.8) is 0 Å². The molecule has 1 saturated heterocycles. The van der Waals surface area contributed by atoms with Crippen molar-refractivity contribution in [1.29, 1.82) is 0 Å². The second kappa shape index (κ2) is 9.12. The zero-order valence-electron chi connectivity index (χ0n) is 15.4. The molecule has 4 amide bonds. The van der Waals surface area contributed by atoms with E-state index < -0.39 is 18.0 Å². The zero-order chi connectivity index (χ0) is 19.9. The van der Waals surface area contributed by atoms with Crippen LogP contribution >= 0.6 is 0 Å². The molecular formula is C21H22FN3O3. The van der Waals surface area contributed by atoms with Crippen LogP contribution in [0, 0.1) is 5.82 Å².